The van der Waals surface area contributed by atoms with E-state index in [-0.39, 0.29) is 5.91 Å². The Balaban J connectivity index is 1.76. The van der Waals surface area contributed by atoms with Crippen LogP contribution < -0.4 is 11.1 Å². The Morgan fingerprint density at radius 2 is 2.24 bits per heavy atom. The molecule has 3 rings (SSSR count). The molecule has 0 saturated carbocycles. The lowest BCUT2D eigenvalue weighted by Crippen LogP contribution is -2.26. The van der Waals surface area contributed by atoms with E-state index in [1.807, 2.05) is 35.7 Å². The average molecular weight is 299 g/mol. The van der Waals surface area contributed by atoms with Crippen molar-refractivity contribution in [2.45, 2.75) is 6.04 Å². The number of hydrogen-bond donors (Lipinski definition) is 2. The first kappa shape index (κ1) is 13.5. The predicted molar refractivity (Wildman–Crippen MR) is 81.8 cm³/mol. The zero-order valence-corrected chi connectivity index (χ0v) is 11.8. The first-order chi connectivity index (χ1) is 10.2. The number of carbonyl (C=O) groups is 1. The maximum Gasteiger partial charge on any atom is 0.246 e. The number of nitrogens with zero attached hydrogens (tertiary/aromatic N) is 1. The number of aromatic nitrogens is 1. The largest absolute Gasteiger partial charge is 0.444 e. The van der Waals surface area contributed by atoms with Crippen molar-refractivity contribution in [3.63, 3.8) is 0 Å². The topological polar surface area (TPSA) is 81.2 Å². The minimum Gasteiger partial charge on any atom is -0.444 e. The molecule has 0 bridgehead atoms. The van der Waals surface area contributed by atoms with E-state index in [0.29, 0.717) is 11.4 Å². The van der Waals surface area contributed by atoms with E-state index in [0.717, 1.165) is 10.4 Å². The van der Waals surface area contributed by atoms with E-state index in [4.69, 9.17) is 10.2 Å². The number of rotatable bonds is 4. The molecule has 0 radical (unpaired) electrons. The molecule has 0 spiro atoms. The second kappa shape index (κ2) is 5.90. The minimum atomic E-state index is -0.668. The second-order valence-electron chi connectivity index (χ2n) is 4.43. The molecule has 5 nitrogen and oxygen atoms in total. The van der Waals surface area contributed by atoms with Gasteiger partial charge in [-0.05, 0) is 23.6 Å². The first-order valence-electron chi connectivity index (χ1n) is 6.33. The highest BCUT2D eigenvalue weighted by atomic mass is 32.1. The summed E-state index contributed by atoms with van der Waals surface area (Å²) in [6.45, 7) is 0. The third-order valence-corrected chi connectivity index (χ3v) is 3.93. The summed E-state index contributed by atoms with van der Waals surface area (Å²) in [5.41, 5.74) is 7.44. The Kier molecular flexibility index (Phi) is 3.81. The number of oxazole rings is 1. The van der Waals surface area contributed by atoms with Gasteiger partial charge in [0.2, 0.25) is 5.91 Å². The predicted octanol–water partition coefficient (Wildman–Crippen LogP) is 3.04. The fraction of sp³-hybridized carbons (Fsp3) is 0.0667. The van der Waals surface area contributed by atoms with Crippen molar-refractivity contribution in [3.8, 4) is 11.3 Å². The minimum absolute atomic E-state index is 0.243. The smallest absolute Gasteiger partial charge is 0.246 e. The highest BCUT2D eigenvalue weighted by molar-refractivity contribution is 7.10. The summed E-state index contributed by atoms with van der Waals surface area (Å²) in [6.07, 6.45) is 2.99. The number of thiophene rings is 1. The third kappa shape index (κ3) is 3.01. The fourth-order valence-electron chi connectivity index (χ4n) is 1.93. The second-order valence-corrected chi connectivity index (χ2v) is 5.41. The molecule has 1 atom stereocenters. The third-order valence-electron chi connectivity index (χ3n) is 2.98. The van der Waals surface area contributed by atoms with Gasteiger partial charge in [-0.3, -0.25) is 4.79 Å². The standard InChI is InChI=1S/C15H13N3O2S/c16-14(13-5-2-6-21-13)15(19)18-11-4-1-3-10(7-11)12-8-17-9-20-12/h1-9,14H,16H2,(H,18,19). The number of nitrogens with one attached hydrogen (secondary N) is 1. The number of nitrogens with two attached hydrogens (primary N) is 1. The Hall–Kier alpha value is -2.44. The molecule has 6 heteroatoms. The van der Waals surface area contributed by atoms with Crippen LogP contribution in [0.5, 0.6) is 0 Å². The van der Waals surface area contributed by atoms with Gasteiger partial charge in [-0.1, -0.05) is 18.2 Å². The number of anilines is 1. The van der Waals surface area contributed by atoms with Crippen molar-refractivity contribution in [2.24, 2.45) is 5.73 Å². The molecule has 3 N–H and O–H groups in total. The normalized spacial score (nSPS) is 12.0. The monoisotopic (exact) mass is 299 g/mol. The van der Waals surface area contributed by atoms with Gasteiger partial charge in [-0.25, -0.2) is 4.98 Å². The van der Waals surface area contributed by atoms with Crippen LogP contribution in [0.2, 0.25) is 0 Å². The van der Waals surface area contributed by atoms with Crippen LogP contribution in [0.25, 0.3) is 11.3 Å². The van der Waals surface area contributed by atoms with Crippen LogP contribution in [-0.2, 0) is 4.79 Å². The van der Waals surface area contributed by atoms with E-state index in [1.165, 1.54) is 17.7 Å². The SMILES string of the molecule is NC(C(=O)Nc1cccc(-c2cnco2)c1)c1cccs1. The average Bonchev–Trinajstić information content (AvgIpc) is 3.20. The molecular formula is C15H13N3O2S. The lowest BCUT2D eigenvalue weighted by molar-refractivity contribution is -0.117. The fourth-order valence-corrected chi connectivity index (χ4v) is 2.65. The summed E-state index contributed by atoms with van der Waals surface area (Å²) >= 11 is 1.46. The lowest BCUT2D eigenvalue weighted by atomic mass is 10.1. The highest BCUT2D eigenvalue weighted by Gasteiger charge is 2.17. The van der Waals surface area contributed by atoms with Gasteiger partial charge >= 0.3 is 0 Å². The van der Waals surface area contributed by atoms with Crippen molar-refractivity contribution in [3.05, 3.63) is 59.2 Å². The lowest BCUT2D eigenvalue weighted by Gasteiger charge is -2.11. The van der Waals surface area contributed by atoms with Gasteiger partial charge in [0.05, 0.1) is 6.20 Å². The van der Waals surface area contributed by atoms with Crippen molar-refractivity contribution in [1.82, 2.24) is 4.98 Å². The van der Waals surface area contributed by atoms with Crippen LogP contribution in [-0.4, -0.2) is 10.9 Å². The van der Waals surface area contributed by atoms with Gasteiger partial charge < -0.3 is 15.5 Å². The van der Waals surface area contributed by atoms with Gasteiger partial charge in [0.1, 0.15) is 6.04 Å². The van der Waals surface area contributed by atoms with Crippen LogP contribution >= 0.6 is 11.3 Å². The van der Waals surface area contributed by atoms with Gasteiger partial charge in [-0.2, -0.15) is 0 Å². The molecule has 0 saturated heterocycles. The van der Waals surface area contributed by atoms with Crippen LogP contribution in [0.4, 0.5) is 5.69 Å². The molecule has 3 aromatic rings. The number of amides is 1. The van der Waals surface area contributed by atoms with E-state index < -0.39 is 6.04 Å². The summed E-state index contributed by atoms with van der Waals surface area (Å²) < 4.78 is 5.24. The van der Waals surface area contributed by atoms with Crippen LogP contribution in [0.3, 0.4) is 0 Å². The molecule has 0 fully saturated rings. The summed E-state index contributed by atoms with van der Waals surface area (Å²) in [5, 5.41) is 4.71. The maximum absolute atomic E-state index is 12.1. The van der Waals surface area contributed by atoms with E-state index in [1.54, 1.807) is 12.3 Å². The zero-order valence-electron chi connectivity index (χ0n) is 11.0. The van der Waals surface area contributed by atoms with E-state index in [9.17, 15) is 4.79 Å². The number of hydrogen-bond acceptors (Lipinski definition) is 5. The Morgan fingerprint density at radius 3 is 2.95 bits per heavy atom. The Labute approximate surface area is 125 Å². The van der Waals surface area contributed by atoms with Gasteiger partial charge in [-0.15, -0.1) is 11.3 Å². The zero-order chi connectivity index (χ0) is 14.7. The van der Waals surface area contributed by atoms with Crippen LogP contribution in [0.1, 0.15) is 10.9 Å². The van der Waals surface area contributed by atoms with Crippen molar-refractivity contribution >= 4 is 22.9 Å². The molecule has 21 heavy (non-hydrogen) atoms. The van der Waals surface area contributed by atoms with Gasteiger partial charge in [0.25, 0.3) is 0 Å². The van der Waals surface area contributed by atoms with Crippen molar-refractivity contribution in [1.29, 1.82) is 0 Å². The van der Waals surface area contributed by atoms with Crippen LogP contribution in [0.15, 0.2) is 58.8 Å². The van der Waals surface area contributed by atoms with Gasteiger partial charge in [0.15, 0.2) is 12.2 Å². The summed E-state index contributed by atoms with van der Waals surface area (Å²) in [7, 11) is 0. The Morgan fingerprint density at radius 1 is 1.33 bits per heavy atom. The summed E-state index contributed by atoms with van der Waals surface area (Å²) in [6, 6.07) is 10.4. The van der Waals surface area contributed by atoms with Crippen molar-refractivity contribution < 1.29 is 9.21 Å². The molecule has 1 unspecified atom stereocenters. The first-order valence-corrected chi connectivity index (χ1v) is 7.21. The summed E-state index contributed by atoms with van der Waals surface area (Å²) in [5.74, 6) is 0.404. The van der Waals surface area contributed by atoms with Crippen molar-refractivity contribution in [2.75, 3.05) is 5.32 Å². The number of benzene rings is 1. The van der Waals surface area contributed by atoms with Crippen LogP contribution in [0, 0.1) is 0 Å². The molecule has 106 valence electrons. The molecule has 1 amide bonds. The number of carbonyl (C=O) groups excluding carboxylic acids is 1. The molecule has 0 aliphatic heterocycles. The Bertz CT molecular complexity index is 723. The summed E-state index contributed by atoms with van der Waals surface area (Å²) in [4.78, 5) is 16.9. The molecule has 2 heterocycles. The molecule has 2 aromatic heterocycles. The highest BCUT2D eigenvalue weighted by Crippen LogP contribution is 2.23. The van der Waals surface area contributed by atoms with E-state index >= 15 is 0 Å². The molecule has 0 aliphatic carbocycles. The van der Waals surface area contributed by atoms with Gasteiger partial charge in [0, 0.05) is 16.1 Å². The maximum atomic E-state index is 12.1. The molecular weight excluding hydrogens is 286 g/mol. The quantitative estimate of drug-likeness (QED) is 0.776. The van der Waals surface area contributed by atoms with E-state index in [2.05, 4.69) is 10.3 Å². The molecule has 0 aliphatic rings. The molecule has 1 aromatic carbocycles.